The number of nitro groups is 1. The highest BCUT2D eigenvalue weighted by atomic mass is 16.6. The lowest BCUT2D eigenvalue weighted by molar-refractivity contribution is -0.384. The lowest BCUT2D eigenvalue weighted by atomic mass is 9.81. The molecule has 0 spiro atoms. The molecule has 2 aliphatic rings. The van der Waals surface area contributed by atoms with E-state index in [1.807, 2.05) is 0 Å². The monoisotopic (exact) mass is 346 g/mol. The van der Waals surface area contributed by atoms with E-state index in [-0.39, 0.29) is 42.5 Å². The van der Waals surface area contributed by atoms with Crippen LogP contribution < -0.4 is 0 Å². The largest absolute Gasteiger partial charge is 0.459 e. The summed E-state index contributed by atoms with van der Waals surface area (Å²) in [6.45, 7) is -0.447. The summed E-state index contributed by atoms with van der Waals surface area (Å²) in [5, 5.41) is 10.6. The first-order valence-corrected chi connectivity index (χ1v) is 8.21. The molecule has 1 aromatic carbocycles. The summed E-state index contributed by atoms with van der Waals surface area (Å²) < 4.78 is 5.09. The van der Waals surface area contributed by atoms with Crippen molar-refractivity contribution in [1.82, 2.24) is 4.90 Å². The van der Waals surface area contributed by atoms with Crippen molar-refractivity contribution in [2.75, 3.05) is 6.54 Å². The first-order chi connectivity index (χ1) is 12.0. The molecule has 1 saturated heterocycles. The van der Waals surface area contributed by atoms with Crippen LogP contribution >= 0.6 is 0 Å². The van der Waals surface area contributed by atoms with Crippen molar-refractivity contribution in [3.8, 4) is 0 Å². The normalized spacial score (nSPS) is 22.6. The summed E-state index contributed by atoms with van der Waals surface area (Å²) >= 11 is 0. The maximum atomic E-state index is 12.3. The summed E-state index contributed by atoms with van der Waals surface area (Å²) in [4.78, 5) is 47.6. The summed E-state index contributed by atoms with van der Waals surface area (Å²) in [7, 11) is 0. The third-order valence-electron chi connectivity index (χ3n) is 4.77. The molecule has 1 saturated carbocycles. The molecular formula is C17H18N2O6. The summed E-state index contributed by atoms with van der Waals surface area (Å²) in [5.41, 5.74) is 0.539. The van der Waals surface area contributed by atoms with Crippen LogP contribution in [0, 0.1) is 22.0 Å². The molecule has 25 heavy (non-hydrogen) atoms. The van der Waals surface area contributed by atoms with Crippen molar-refractivity contribution >= 4 is 23.5 Å². The molecule has 0 bridgehead atoms. The van der Waals surface area contributed by atoms with Crippen LogP contribution in [0.2, 0.25) is 0 Å². The van der Waals surface area contributed by atoms with Gasteiger partial charge in [0.25, 0.3) is 5.69 Å². The third kappa shape index (κ3) is 3.52. The number of ether oxygens (including phenoxy) is 1. The summed E-state index contributed by atoms with van der Waals surface area (Å²) in [6.07, 6.45) is 3.25. The number of fused-ring (bicyclic) bond motifs is 1. The second-order valence-corrected chi connectivity index (χ2v) is 6.34. The molecule has 1 aliphatic carbocycles. The van der Waals surface area contributed by atoms with Gasteiger partial charge in [-0.2, -0.15) is 0 Å². The number of nitrogens with zero attached hydrogens (tertiary/aromatic N) is 2. The number of carbonyl (C=O) groups excluding carboxylic acids is 3. The molecule has 0 N–H and O–H groups in total. The quantitative estimate of drug-likeness (QED) is 0.348. The first-order valence-electron chi connectivity index (χ1n) is 8.21. The van der Waals surface area contributed by atoms with Gasteiger partial charge in [-0.25, -0.2) is 0 Å². The highest BCUT2D eigenvalue weighted by molar-refractivity contribution is 6.07. The zero-order valence-corrected chi connectivity index (χ0v) is 13.6. The molecule has 8 nitrogen and oxygen atoms in total. The van der Waals surface area contributed by atoms with Crippen LogP contribution in [0.4, 0.5) is 5.69 Å². The Hall–Kier alpha value is -2.77. The number of non-ortho nitro benzene ring substituents is 1. The molecule has 1 aliphatic heterocycles. The summed E-state index contributed by atoms with van der Waals surface area (Å²) in [5.74, 6) is -1.80. The Labute approximate surface area is 143 Å². The number of likely N-dealkylation sites (tertiary alicyclic amines) is 1. The minimum absolute atomic E-state index is 0.0501. The van der Waals surface area contributed by atoms with Gasteiger partial charge in [0.2, 0.25) is 11.8 Å². The van der Waals surface area contributed by atoms with E-state index in [9.17, 15) is 24.5 Å². The van der Waals surface area contributed by atoms with E-state index in [1.54, 1.807) is 0 Å². The second kappa shape index (κ2) is 7.00. The Kier molecular flexibility index (Phi) is 4.78. The number of amides is 2. The Morgan fingerprint density at radius 2 is 1.68 bits per heavy atom. The fourth-order valence-electron chi connectivity index (χ4n) is 3.44. The standard InChI is InChI=1S/C17H18N2O6/c20-15(25-10-11-5-7-12(8-6-11)19(23)24)9-18-16(21)13-3-1-2-4-14(13)17(18)22/h5-8,13-14H,1-4,9-10H2. The number of esters is 1. The zero-order valence-electron chi connectivity index (χ0n) is 13.6. The van der Waals surface area contributed by atoms with Crippen LogP contribution in [0.1, 0.15) is 31.2 Å². The molecule has 8 heteroatoms. The van der Waals surface area contributed by atoms with Crippen molar-refractivity contribution in [3.63, 3.8) is 0 Å². The van der Waals surface area contributed by atoms with Gasteiger partial charge in [-0.1, -0.05) is 12.8 Å². The van der Waals surface area contributed by atoms with Crippen LogP contribution in [-0.2, 0) is 25.7 Å². The highest BCUT2D eigenvalue weighted by Gasteiger charge is 2.48. The smallest absolute Gasteiger partial charge is 0.326 e. The minimum Gasteiger partial charge on any atom is -0.459 e. The number of rotatable bonds is 5. The molecule has 0 aromatic heterocycles. The van der Waals surface area contributed by atoms with Gasteiger partial charge in [0, 0.05) is 12.1 Å². The molecule has 2 atom stereocenters. The van der Waals surface area contributed by atoms with Crippen molar-refractivity contribution in [2.45, 2.75) is 32.3 Å². The van der Waals surface area contributed by atoms with Crippen molar-refractivity contribution < 1.29 is 24.0 Å². The van der Waals surface area contributed by atoms with Crippen LogP contribution in [0.3, 0.4) is 0 Å². The van der Waals surface area contributed by atoms with E-state index >= 15 is 0 Å². The Morgan fingerprint density at radius 3 is 2.20 bits per heavy atom. The van der Waals surface area contributed by atoms with Gasteiger partial charge < -0.3 is 4.74 Å². The number of imide groups is 1. The minimum atomic E-state index is -0.668. The zero-order chi connectivity index (χ0) is 18.0. The van der Waals surface area contributed by atoms with Gasteiger partial charge in [0.1, 0.15) is 13.2 Å². The second-order valence-electron chi connectivity index (χ2n) is 6.34. The average Bonchev–Trinajstić information content (AvgIpc) is 2.86. The highest BCUT2D eigenvalue weighted by Crippen LogP contribution is 2.37. The van der Waals surface area contributed by atoms with E-state index in [2.05, 4.69) is 0 Å². The van der Waals surface area contributed by atoms with Crippen LogP contribution in [-0.4, -0.2) is 34.2 Å². The summed E-state index contributed by atoms with van der Waals surface area (Å²) in [6, 6.07) is 5.63. The van der Waals surface area contributed by atoms with E-state index in [0.29, 0.717) is 18.4 Å². The van der Waals surface area contributed by atoms with Crippen LogP contribution in [0.5, 0.6) is 0 Å². The van der Waals surface area contributed by atoms with Crippen LogP contribution in [0.25, 0.3) is 0 Å². The number of benzene rings is 1. The first kappa shape index (κ1) is 17.1. The van der Waals surface area contributed by atoms with E-state index in [1.165, 1.54) is 24.3 Å². The molecule has 0 radical (unpaired) electrons. The average molecular weight is 346 g/mol. The third-order valence-corrected chi connectivity index (χ3v) is 4.77. The number of nitro benzene ring substituents is 1. The van der Waals surface area contributed by atoms with Crippen molar-refractivity contribution in [3.05, 3.63) is 39.9 Å². The maximum absolute atomic E-state index is 12.3. The van der Waals surface area contributed by atoms with Gasteiger partial charge in [-0.05, 0) is 30.5 Å². The predicted molar refractivity (Wildman–Crippen MR) is 85.1 cm³/mol. The van der Waals surface area contributed by atoms with Gasteiger partial charge in [-0.15, -0.1) is 0 Å². The number of hydrogen-bond acceptors (Lipinski definition) is 6. The molecule has 2 unspecified atom stereocenters. The van der Waals surface area contributed by atoms with Gasteiger partial charge in [0.05, 0.1) is 16.8 Å². The van der Waals surface area contributed by atoms with E-state index < -0.39 is 10.9 Å². The maximum Gasteiger partial charge on any atom is 0.326 e. The molecule has 132 valence electrons. The van der Waals surface area contributed by atoms with Crippen molar-refractivity contribution in [2.24, 2.45) is 11.8 Å². The van der Waals surface area contributed by atoms with Gasteiger partial charge >= 0.3 is 5.97 Å². The fraction of sp³-hybridized carbons (Fsp3) is 0.471. The lowest BCUT2D eigenvalue weighted by Gasteiger charge is -2.19. The van der Waals surface area contributed by atoms with Crippen molar-refractivity contribution in [1.29, 1.82) is 0 Å². The Balaban J connectivity index is 1.54. The van der Waals surface area contributed by atoms with E-state index in [0.717, 1.165) is 17.7 Å². The molecule has 3 rings (SSSR count). The van der Waals surface area contributed by atoms with Crippen LogP contribution in [0.15, 0.2) is 24.3 Å². The SMILES string of the molecule is O=C(CN1C(=O)C2CCCCC2C1=O)OCc1ccc([N+](=O)[O-])cc1. The topological polar surface area (TPSA) is 107 Å². The molecule has 1 aromatic rings. The lowest BCUT2D eigenvalue weighted by Crippen LogP contribution is -2.36. The Morgan fingerprint density at radius 1 is 1.12 bits per heavy atom. The molecule has 2 amide bonds. The fourth-order valence-corrected chi connectivity index (χ4v) is 3.44. The Bertz CT molecular complexity index is 690. The van der Waals surface area contributed by atoms with E-state index in [4.69, 9.17) is 4.74 Å². The molecule has 2 fully saturated rings. The predicted octanol–water partition coefficient (Wildman–Crippen LogP) is 1.81. The number of carbonyl (C=O) groups is 3. The molecular weight excluding hydrogens is 328 g/mol. The van der Waals surface area contributed by atoms with Gasteiger partial charge in [0.15, 0.2) is 0 Å². The molecule has 1 heterocycles. The van der Waals surface area contributed by atoms with Gasteiger partial charge in [-0.3, -0.25) is 29.4 Å². The number of hydrogen-bond donors (Lipinski definition) is 0.